The predicted molar refractivity (Wildman–Crippen MR) is 39.5 cm³/mol. The van der Waals surface area contributed by atoms with Gasteiger partial charge in [-0.25, -0.2) is 4.79 Å². The zero-order valence-electron chi connectivity index (χ0n) is 5.39. The van der Waals surface area contributed by atoms with Gasteiger partial charge in [0, 0.05) is 10.6 Å². The molecule has 0 aliphatic heterocycles. The number of carboxylic acid groups (broad SMARTS) is 1. The highest BCUT2D eigenvalue weighted by atomic mass is 79.9. The number of allylic oxidation sites excluding steroid dienone is 1. The molecular formula is C6H9BrO2. The second-order valence-corrected chi connectivity index (χ2v) is 2.94. The van der Waals surface area contributed by atoms with Gasteiger partial charge in [0.05, 0.1) is 0 Å². The molecule has 0 aromatic carbocycles. The van der Waals surface area contributed by atoms with Crippen molar-refractivity contribution in [3.05, 3.63) is 10.6 Å². The first kappa shape index (κ1) is 8.69. The molecule has 0 aliphatic carbocycles. The zero-order valence-corrected chi connectivity index (χ0v) is 6.97. The SMILES string of the molecule is CC(C)/C(Br)=C/C(=O)O. The minimum Gasteiger partial charge on any atom is -0.478 e. The summed E-state index contributed by atoms with van der Waals surface area (Å²) in [6.45, 7) is 3.84. The molecule has 0 bridgehead atoms. The van der Waals surface area contributed by atoms with E-state index < -0.39 is 5.97 Å². The zero-order chi connectivity index (χ0) is 7.44. The third kappa shape index (κ3) is 4.21. The van der Waals surface area contributed by atoms with Crippen LogP contribution in [0.15, 0.2) is 10.6 Å². The molecule has 0 aromatic heterocycles. The first-order valence-electron chi connectivity index (χ1n) is 2.64. The molecule has 52 valence electrons. The summed E-state index contributed by atoms with van der Waals surface area (Å²) in [4.78, 5) is 10.0. The maximum atomic E-state index is 10.0. The van der Waals surface area contributed by atoms with E-state index in [1.165, 1.54) is 0 Å². The summed E-state index contributed by atoms with van der Waals surface area (Å²) in [5, 5.41) is 8.23. The number of hydrogen-bond acceptors (Lipinski definition) is 1. The molecular weight excluding hydrogens is 184 g/mol. The predicted octanol–water partition coefficient (Wildman–Crippen LogP) is 2.01. The smallest absolute Gasteiger partial charge is 0.329 e. The molecule has 1 N–H and O–H groups in total. The van der Waals surface area contributed by atoms with Crippen molar-refractivity contribution in [1.29, 1.82) is 0 Å². The van der Waals surface area contributed by atoms with Gasteiger partial charge < -0.3 is 5.11 Å². The molecule has 0 unspecified atom stereocenters. The lowest BCUT2D eigenvalue weighted by Gasteiger charge is -1.98. The van der Waals surface area contributed by atoms with E-state index in [9.17, 15) is 4.79 Å². The molecule has 3 heteroatoms. The lowest BCUT2D eigenvalue weighted by molar-refractivity contribution is -0.131. The van der Waals surface area contributed by atoms with Gasteiger partial charge in [-0.3, -0.25) is 0 Å². The molecule has 0 amide bonds. The summed E-state index contributed by atoms with van der Waals surface area (Å²) in [7, 11) is 0. The van der Waals surface area contributed by atoms with Gasteiger partial charge in [0.2, 0.25) is 0 Å². The van der Waals surface area contributed by atoms with E-state index in [-0.39, 0.29) is 5.92 Å². The van der Waals surface area contributed by atoms with E-state index in [2.05, 4.69) is 15.9 Å². The highest BCUT2D eigenvalue weighted by Crippen LogP contribution is 2.15. The van der Waals surface area contributed by atoms with E-state index in [4.69, 9.17) is 5.11 Å². The van der Waals surface area contributed by atoms with E-state index >= 15 is 0 Å². The molecule has 2 nitrogen and oxygen atoms in total. The Balaban J connectivity index is 4.00. The highest BCUT2D eigenvalue weighted by molar-refractivity contribution is 9.11. The van der Waals surface area contributed by atoms with Gasteiger partial charge in [0.15, 0.2) is 0 Å². The van der Waals surface area contributed by atoms with Crippen LogP contribution in [0.3, 0.4) is 0 Å². The molecule has 0 saturated carbocycles. The largest absolute Gasteiger partial charge is 0.478 e. The monoisotopic (exact) mass is 192 g/mol. The quantitative estimate of drug-likeness (QED) is 0.681. The standard InChI is InChI=1S/C6H9BrO2/c1-4(2)5(7)3-6(8)9/h3-4H,1-2H3,(H,8,9)/b5-3-. The van der Waals surface area contributed by atoms with Crippen LogP contribution in [0.4, 0.5) is 0 Å². The first-order valence-corrected chi connectivity index (χ1v) is 3.43. The Labute approximate surface area is 62.7 Å². The second kappa shape index (κ2) is 3.67. The molecule has 0 spiro atoms. The van der Waals surface area contributed by atoms with Crippen LogP contribution < -0.4 is 0 Å². The maximum Gasteiger partial charge on any atom is 0.329 e. The Kier molecular flexibility index (Phi) is 3.54. The van der Waals surface area contributed by atoms with Crippen LogP contribution >= 0.6 is 15.9 Å². The van der Waals surface area contributed by atoms with Crippen molar-refractivity contribution in [2.75, 3.05) is 0 Å². The van der Waals surface area contributed by atoms with Crippen LogP contribution in [-0.2, 0) is 4.79 Å². The average Bonchev–Trinajstić information content (AvgIpc) is 1.63. The topological polar surface area (TPSA) is 37.3 Å². The third-order valence-corrected chi connectivity index (χ3v) is 1.96. The van der Waals surface area contributed by atoms with Crippen molar-refractivity contribution < 1.29 is 9.90 Å². The first-order chi connectivity index (χ1) is 4.04. The number of halogens is 1. The van der Waals surface area contributed by atoms with Gasteiger partial charge in [-0.05, 0) is 5.92 Å². The maximum absolute atomic E-state index is 10.0. The van der Waals surface area contributed by atoms with Crippen molar-refractivity contribution >= 4 is 21.9 Å². The molecule has 0 fully saturated rings. The van der Waals surface area contributed by atoms with Crippen molar-refractivity contribution in [2.45, 2.75) is 13.8 Å². The molecule has 0 atom stereocenters. The second-order valence-electron chi connectivity index (χ2n) is 2.02. The fourth-order valence-corrected chi connectivity index (χ4v) is 0.480. The Morgan fingerprint density at radius 2 is 2.11 bits per heavy atom. The van der Waals surface area contributed by atoms with Gasteiger partial charge in [-0.15, -0.1) is 0 Å². The molecule has 0 rings (SSSR count). The van der Waals surface area contributed by atoms with Crippen molar-refractivity contribution in [2.24, 2.45) is 5.92 Å². The molecule has 0 aromatic rings. The number of rotatable bonds is 2. The van der Waals surface area contributed by atoms with E-state index in [1.54, 1.807) is 0 Å². The fraction of sp³-hybridized carbons (Fsp3) is 0.500. The van der Waals surface area contributed by atoms with Crippen molar-refractivity contribution in [3.8, 4) is 0 Å². The summed E-state index contributed by atoms with van der Waals surface area (Å²) >= 11 is 3.12. The number of hydrogen-bond donors (Lipinski definition) is 1. The van der Waals surface area contributed by atoms with Gasteiger partial charge in [0.25, 0.3) is 0 Å². The van der Waals surface area contributed by atoms with Crippen LogP contribution in [-0.4, -0.2) is 11.1 Å². The van der Waals surface area contributed by atoms with Crippen molar-refractivity contribution in [1.82, 2.24) is 0 Å². The Bertz CT molecular complexity index is 138. The van der Waals surface area contributed by atoms with Crippen LogP contribution in [0.2, 0.25) is 0 Å². The fourth-order valence-electron chi connectivity index (χ4n) is 0.285. The average molecular weight is 193 g/mol. The van der Waals surface area contributed by atoms with Gasteiger partial charge in [-0.1, -0.05) is 29.8 Å². The van der Waals surface area contributed by atoms with Crippen LogP contribution in [0.25, 0.3) is 0 Å². The van der Waals surface area contributed by atoms with Crippen LogP contribution in [0.5, 0.6) is 0 Å². The number of carboxylic acids is 1. The van der Waals surface area contributed by atoms with E-state index in [0.29, 0.717) is 0 Å². The number of carbonyl (C=O) groups is 1. The Hall–Kier alpha value is -0.310. The normalized spacial score (nSPS) is 12.2. The van der Waals surface area contributed by atoms with Crippen LogP contribution in [0, 0.1) is 5.92 Å². The van der Waals surface area contributed by atoms with Crippen molar-refractivity contribution in [3.63, 3.8) is 0 Å². The summed E-state index contributed by atoms with van der Waals surface area (Å²) in [5.41, 5.74) is 0. The molecule has 0 saturated heterocycles. The lowest BCUT2D eigenvalue weighted by atomic mass is 10.2. The molecule has 0 aliphatic rings. The summed E-state index contributed by atoms with van der Waals surface area (Å²) < 4.78 is 0.718. The van der Waals surface area contributed by atoms with Crippen LogP contribution in [0.1, 0.15) is 13.8 Å². The third-order valence-electron chi connectivity index (χ3n) is 0.813. The molecule has 0 radical (unpaired) electrons. The highest BCUT2D eigenvalue weighted by Gasteiger charge is 1.99. The lowest BCUT2D eigenvalue weighted by Crippen LogP contribution is -1.92. The number of aliphatic carboxylic acids is 1. The van der Waals surface area contributed by atoms with Gasteiger partial charge in [0.1, 0.15) is 0 Å². The van der Waals surface area contributed by atoms with E-state index in [0.717, 1.165) is 10.6 Å². The summed E-state index contributed by atoms with van der Waals surface area (Å²) in [5.74, 6) is -0.656. The van der Waals surface area contributed by atoms with Gasteiger partial charge in [-0.2, -0.15) is 0 Å². The van der Waals surface area contributed by atoms with Gasteiger partial charge >= 0.3 is 5.97 Å². The van der Waals surface area contributed by atoms with E-state index in [1.807, 2.05) is 13.8 Å². The summed E-state index contributed by atoms with van der Waals surface area (Å²) in [6, 6.07) is 0. The summed E-state index contributed by atoms with van der Waals surface area (Å²) in [6.07, 6.45) is 1.16. The Morgan fingerprint density at radius 1 is 1.67 bits per heavy atom. The Morgan fingerprint density at radius 3 is 2.22 bits per heavy atom. The molecule has 0 heterocycles. The molecule has 9 heavy (non-hydrogen) atoms. The minimum atomic E-state index is -0.907. The minimum absolute atomic E-state index is 0.251.